The Bertz CT molecular complexity index is 310. The molecule has 96 valence electrons. The normalized spacial score (nSPS) is 26.6. The van der Waals surface area contributed by atoms with Crippen molar-refractivity contribution < 1.29 is 38.7 Å². The van der Waals surface area contributed by atoms with E-state index in [0.717, 1.165) is 0 Å². The minimum absolute atomic E-state index is 0.00291. The second-order valence-electron chi connectivity index (χ2n) is 4.00. The van der Waals surface area contributed by atoms with Crippen LogP contribution in [0.3, 0.4) is 0 Å². The molecule has 1 spiro atoms. The Kier molecular flexibility index (Phi) is 3.04. The lowest BCUT2D eigenvalue weighted by Crippen LogP contribution is -2.70. The standard InChI is InChI=1S/C9H12O8/c10-6(11)9(7(12)13)8(3-16-5-17-9)1-14-4-15-2-8/h1-5H2,(H,10,11)(H,12,13). The molecule has 2 N–H and O–H groups in total. The van der Waals surface area contributed by atoms with Crippen molar-refractivity contribution in [3.05, 3.63) is 0 Å². The highest BCUT2D eigenvalue weighted by molar-refractivity contribution is 6.03. The van der Waals surface area contributed by atoms with E-state index in [4.69, 9.17) is 18.9 Å². The zero-order valence-electron chi connectivity index (χ0n) is 8.88. The first-order valence-electron chi connectivity index (χ1n) is 4.89. The highest BCUT2D eigenvalue weighted by Gasteiger charge is 2.67. The average molecular weight is 248 g/mol. The molecule has 0 aromatic carbocycles. The monoisotopic (exact) mass is 248 g/mol. The Morgan fingerprint density at radius 2 is 1.35 bits per heavy atom. The quantitative estimate of drug-likeness (QED) is 0.591. The lowest BCUT2D eigenvalue weighted by Gasteiger charge is -2.48. The van der Waals surface area contributed by atoms with Crippen LogP contribution in [-0.4, -0.2) is 61.2 Å². The number of carboxylic acids is 2. The summed E-state index contributed by atoms with van der Waals surface area (Å²) in [5, 5.41) is 18.4. The first-order valence-corrected chi connectivity index (χ1v) is 4.89. The van der Waals surface area contributed by atoms with Gasteiger partial charge in [0.15, 0.2) is 0 Å². The van der Waals surface area contributed by atoms with Gasteiger partial charge in [0, 0.05) is 0 Å². The molecule has 0 unspecified atom stereocenters. The minimum atomic E-state index is -2.40. The van der Waals surface area contributed by atoms with Gasteiger partial charge >= 0.3 is 11.9 Å². The van der Waals surface area contributed by atoms with Crippen molar-refractivity contribution in [2.45, 2.75) is 5.60 Å². The molecule has 0 aromatic rings. The highest BCUT2D eigenvalue weighted by atomic mass is 16.7. The van der Waals surface area contributed by atoms with E-state index in [0.29, 0.717) is 0 Å². The number of hydrogen-bond acceptors (Lipinski definition) is 6. The second-order valence-corrected chi connectivity index (χ2v) is 4.00. The maximum absolute atomic E-state index is 11.3. The SMILES string of the molecule is O=C(O)C1(C(=O)O)OCOCC12COCOC2. The van der Waals surface area contributed by atoms with Crippen LogP contribution in [0.15, 0.2) is 0 Å². The van der Waals surface area contributed by atoms with Crippen molar-refractivity contribution in [1.82, 2.24) is 0 Å². The van der Waals surface area contributed by atoms with Gasteiger partial charge in [-0.15, -0.1) is 0 Å². The van der Waals surface area contributed by atoms with E-state index in [1.165, 1.54) is 0 Å². The first-order chi connectivity index (χ1) is 8.05. The molecule has 2 aliphatic heterocycles. The van der Waals surface area contributed by atoms with Crippen molar-refractivity contribution in [1.29, 1.82) is 0 Å². The Morgan fingerprint density at radius 1 is 0.882 bits per heavy atom. The van der Waals surface area contributed by atoms with Crippen LogP contribution >= 0.6 is 0 Å². The summed E-state index contributed by atoms with van der Waals surface area (Å²) in [6.45, 7) is -0.708. The van der Waals surface area contributed by atoms with Crippen LogP contribution in [0.2, 0.25) is 0 Å². The predicted molar refractivity (Wildman–Crippen MR) is 49.1 cm³/mol. The average Bonchev–Trinajstić information content (AvgIpc) is 2.30. The van der Waals surface area contributed by atoms with Crippen LogP contribution in [0.5, 0.6) is 0 Å². The largest absolute Gasteiger partial charge is 0.479 e. The van der Waals surface area contributed by atoms with Gasteiger partial charge in [0.1, 0.15) is 13.6 Å². The van der Waals surface area contributed by atoms with Crippen LogP contribution in [0.4, 0.5) is 0 Å². The van der Waals surface area contributed by atoms with E-state index in [-0.39, 0.29) is 33.4 Å². The summed E-state index contributed by atoms with van der Waals surface area (Å²) < 4.78 is 19.9. The third-order valence-electron chi connectivity index (χ3n) is 3.01. The zero-order valence-corrected chi connectivity index (χ0v) is 8.88. The van der Waals surface area contributed by atoms with Crippen molar-refractivity contribution in [2.75, 3.05) is 33.4 Å². The van der Waals surface area contributed by atoms with Crippen LogP contribution in [-0.2, 0) is 28.5 Å². The van der Waals surface area contributed by atoms with Crippen molar-refractivity contribution in [3.63, 3.8) is 0 Å². The molecule has 17 heavy (non-hydrogen) atoms. The summed E-state index contributed by atoms with van der Waals surface area (Å²) in [6.07, 6.45) is 0. The summed E-state index contributed by atoms with van der Waals surface area (Å²) in [5.74, 6) is -3.16. The third kappa shape index (κ3) is 1.61. The summed E-state index contributed by atoms with van der Waals surface area (Å²) >= 11 is 0. The predicted octanol–water partition coefficient (Wildman–Crippen LogP) is -1.11. The van der Waals surface area contributed by atoms with Gasteiger partial charge in [-0.05, 0) is 0 Å². The van der Waals surface area contributed by atoms with Crippen LogP contribution in [0, 0.1) is 5.41 Å². The van der Waals surface area contributed by atoms with E-state index in [9.17, 15) is 19.8 Å². The van der Waals surface area contributed by atoms with E-state index in [1.54, 1.807) is 0 Å². The van der Waals surface area contributed by atoms with E-state index in [2.05, 4.69) is 0 Å². The molecule has 2 heterocycles. The van der Waals surface area contributed by atoms with Gasteiger partial charge in [-0.25, -0.2) is 9.59 Å². The molecule has 8 nitrogen and oxygen atoms in total. The fourth-order valence-corrected chi connectivity index (χ4v) is 2.15. The number of carbonyl (C=O) groups is 2. The van der Waals surface area contributed by atoms with E-state index < -0.39 is 23.0 Å². The van der Waals surface area contributed by atoms with Crippen molar-refractivity contribution >= 4 is 11.9 Å². The fourth-order valence-electron chi connectivity index (χ4n) is 2.15. The first kappa shape index (κ1) is 12.2. The lowest BCUT2D eigenvalue weighted by atomic mass is 9.72. The topological polar surface area (TPSA) is 112 Å². The Balaban J connectivity index is 2.44. The summed E-state index contributed by atoms with van der Waals surface area (Å²) in [4.78, 5) is 22.6. The molecule has 0 aliphatic carbocycles. The fraction of sp³-hybridized carbons (Fsp3) is 0.778. The molecule has 8 heteroatoms. The maximum atomic E-state index is 11.3. The Morgan fingerprint density at radius 3 is 1.82 bits per heavy atom. The summed E-state index contributed by atoms with van der Waals surface area (Å²) in [5.41, 5.74) is -3.77. The number of ether oxygens (including phenoxy) is 4. The third-order valence-corrected chi connectivity index (χ3v) is 3.01. The smallest absolute Gasteiger partial charge is 0.348 e. The van der Waals surface area contributed by atoms with Crippen molar-refractivity contribution in [3.8, 4) is 0 Å². The van der Waals surface area contributed by atoms with Crippen LogP contribution in [0.25, 0.3) is 0 Å². The molecule has 2 rings (SSSR count). The molecule has 2 saturated heterocycles. The van der Waals surface area contributed by atoms with E-state index >= 15 is 0 Å². The maximum Gasteiger partial charge on any atom is 0.348 e. The van der Waals surface area contributed by atoms with Crippen molar-refractivity contribution in [2.24, 2.45) is 5.41 Å². The molecule has 0 bridgehead atoms. The number of aliphatic carboxylic acids is 2. The van der Waals surface area contributed by atoms with Crippen LogP contribution in [0.1, 0.15) is 0 Å². The number of rotatable bonds is 2. The summed E-state index contributed by atoms with van der Waals surface area (Å²) in [6, 6.07) is 0. The van der Waals surface area contributed by atoms with Gasteiger partial charge in [-0.2, -0.15) is 0 Å². The zero-order chi connectivity index (χ0) is 12.5. The highest BCUT2D eigenvalue weighted by Crippen LogP contribution is 2.41. The minimum Gasteiger partial charge on any atom is -0.479 e. The molecular formula is C9H12O8. The molecule has 2 aliphatic rings. The van der Waals surface area contributed by atoms with Gasteiger partial charge in [0.05, 0.1) is 25.2 Å². The van der Waals surface area contributed by atoms with Gasteiger partial charge in [-0.1, -0.05) is 0 Å². The Labute approximate surface area is 96.0 Å². The van der Waals surface area contributed by atoms with Gasteiger partial charge < -0.3 is 29.2 Å². The molecule has 0 radical (unpaired) electrons. The summed E-state index contributed by atoms with van der Waals surface area (Å²) in [7, 11) is 0. The van der Waals surface area contributed by atoms with Gasteiger partial charge in [0.25, 0.3) is 5.60 Å². The van der Waals surface area contributed by atoms with Gasteiger partial charge in [0.2, 0.25) is 0 Å². The molecule has 0 saturated carbocycles. The molecule has 2 fully saturated rings. The molecule has 0 aromatic heterocycles. The van der Waals surface area contributed by atoms with E-state index in [1.807, 2.05) is 0 Å². The lowest BCUT2D eigenvalue weighted by molar-refractivity contribution is -0.307. The molecule has 0 amide bonds. The van der Waals surface area contributed by atoms with Gasteiger partial charge in [-0.3, -0.25) is 0 Å². The molecular weight excluding hydrogens is 236 g/mol. The van der Waals surface area contributed by atoms with Crippen LogP contribution < -0.4 is 0 Å². The Hall–Kier alpha value is -1.22. The molecule has 0 atom stereocenters. The number of carboxylic acid groups (broad SMARTS) is 2. The number of hydrogen-bond donors (Lipinski definition) is 2. The second kappa shape index (κ2) is 4.22.